The Labute approximate surface area is 126 Å². The number of nitrogens with zero attached hydrogens (tertiary/aromatic N) is 2. The maximum absolute atomic E-state index is 6.08. The van der Waals surface area contributed by atoms with E-state index in [1.165, 1.54) is 5.56 Å². The predicted molar refractivity (Wildman–Crippen MR) is 83.0 cm³/mol. The average molecular weight is 343 g/mol. The maximum Gasteiger partial charge on any atom is 0.0819 e. The number of benzene rings is 1. The molecule has 0 aliphatic rings. The fourth-order valence-electron chi connectivity index (χ4n) is 1.91. The molecule has 3 nitrogen and oxygen atoms in total. The van der Waals surface area contributed by atoms with Gasteiger partial charge >= 0.3 is 0 Å². The summed E-state index contributed by atoms with van der Waals surface area (Å²) >= 11 is 9.58. The molecule has 1 aromatic carbocycles. The van der Waals surface area contributed by atoms with Gasteiger partial charge in [-0.3, -0.25) is 0 Å². The van der Waals surface area contributed by atoms with Crippen LogP contribution in [0, 0.1) is 6.92 Å². The number of hydrogen-bond donors (Lipinski definition) is 1. The second-order valence-electron chi connectivity index (χ2n) is 4.65. The van der Waals surface area contributed by atoms with E-state index in [2.05, 4.69) is 34.0 Å². The van der Waals surface area contributed by atoms with Gasteiger partial charge < -0.3 is 5.73 Å². The molecule has 0 radical (unpaired) electrons. The molecule has 1 unspecified atom stereocenters. The molecule has 19 heavy (non-hydrogen) atoms. The van der Waals surface area contributed by atoms with Crippen molar-refractivity contribution >= 4 is 27.5 Å². The third-order valence-corrected chi connectivity index (χ3v) is 4.00. The molecule has 0 bridgehead atoms. The zero-order chi connectivity index (χ0) is 14.0. The molecule has 0 aliphatic carbocycles. The highest BCUT2D eigenvalue weighted by molar-refractivity contribution is 9.10. The third kappa shape index (κ3) is 3.38. The van der Waals surface area contributed by atoms with Crippen LogP contribution in [-0.2, 0) is 6.42 Å². The van der Waals surface area contributed by atoms with Crippen molar-refractivity contribution in [3.63, 3.8) is 0 Å². The minimum Gasteiger partial charge on any atom is -0.327 e. The smallest absolute Gasteiger partial charge is 0.0819 e. The Bertz CT molecular complexity index is 561. The molecule has 2 aromatic rings. The molecule has 0 amide bonds. The lowest BCUT2D eigenvalue weighted by molar-refractivity contribution is 0.642. The highest BCUT2D eigenvalue weighted by Gasteiger charge is 2.11. The first-order chi connectivity index (χ1) is 9.01. The van der Waals surface area contributed by atoms with Crippen LogP contribution in [0.15, 0.2) is 28.9 Å². The van der Waals surface area contributed by atoms with E-state index in [0.29, 0.717) is 5.02 Å². The fraction of sp³-hybridized carbons (Fsp3) is 0.357. The molecular weight excluding hydrogens is 326 g/mol. The van der Waals surface area contributed by atoms with Crippen LogP contribution < -0.4 is 5.73 Å². The Kier molecular flexibility index (Phi) is 4.66. The summed E-state index contributed by atoms with van der Waals surface area (Å²) in [6, 6.07) is 6.31. The van der Waals surface area contributed by atoms with Crippen LogP contribution in [0.3, 0.4) is 0 Å². The minimum atomic E-state index is 0.159. The number of halogens is 2. The molecule has 1 atom stereocenters. The van der Waals surface area contributed by atoms with Crippen molar-refractivity contribution in [3.05, 3.63) is 45.1 Å². The van der Waals surface area contributed by atoms with Gasteiger partial charge in [-0.2, -0.15) is 5.10 Å². The second-order valence-corrected chi connectivity index (χ2v) is 5.98. The number of aromatic nitrogens is 2. The van der Waals surface area contributed by atoms with Gasteiger partial charge in [0.25, 0.3) is 0 Å². The lowest BCUT2D eigenvalue weighted by atomic mass is 10.0. The summed E-state index contributed by atoms with van der Waals surface area (Å²) in [6.45, 7) is 3.99. The Balaban J connectivity index is 2.45. The second kappa shape index (κ2) is 6.07. The van der Waals surface area contributed by atoms with Crippen molar-refractivity contribution in [2.75, 3.05) is 0 Å². The van der Waals surface area contributed by atoms with E-state index in [-0.39, 0.29) is 6.04 Å². The van der Waals surface area contributed by atoms with E-state index in [1.807, 2.05) is 29.9 Å². The van der Waals surface area contributed by atoms with Gasteiger partial charge in [-0.1, -0.05) is 40.5 Å². The lowest BCUT2D eigenvalue weighted by Crippen LogP contribution is -2.22. The zero-order valence-electron chi connectivity index (χ0n) is 11.0. The van der Waals surface area contributed by atoms with Crippen LogP contribution in [0.1, 0.15) is 24.6 Å². The Morgan fingerprint density at radius 3 is 2.79 bits per heavy atom. The van der Waals surface area contributed by atoms with E-state index >= 15 is 0 Å². The number of rotatable bonds is 4. The van der Waals surface area contributed by atoms with Crippen LogP contribution in [0.2, 0.25) is 5.02 Å². The number of hydrogen-bond acceptors (Lipinski definition) is 2. The molecular formula is C14H17BrClN3. The molecule has 1 aromatic heterocycles. The van der Waals surface area contributed by atoms with Crippen molar-refractivity contribution in [3.8, 4) is 5.69 Å². The molecule has 0 spiro atoms. The summed E-state index contributed by atoms with van der Waals surface area (Å²) in [5.41, 5.74) is 9.08. The van der Waals surface area contributed by atoms with Gasteiger partial charge in [0, 0.05) is 16.7 Å². The predicted octanol–water partition coefficient (Wildman–Crippen LogP) is 3.88. The van der Waals surface area contributed by atoms with Gasteiger partial charge in [-0.15, -0.1) is 0 Å². The summed E-state index contributed by atoms with van der Waals surface area (Å²) in [4.78, 5) is 0. The molecule has 0 saturated heterocycles. The van der Waals surface area contributed by atoms with E-state index < -0.39 is 0 Å². The number of aryl methyl sites for hydroxylation is 1. The van der Waals surface area contributed by atoms with Gasteiger partial charge in [-0.05, 0) is 37.5 Å². The summed E-state index contributed by atoms with van der Waals surface area (Å²) in [7, 11) is 0. The minimum absolute atomic E-state index is 0.159. The fourth-order valence-corrected chi connectivity index (χ4v) is 2.39. The molecule has 1 heterocycles. The normalized spacial score (nSPS) is 12.7. The average Bonchev–Trinajstić information content (AvgIpc) is 2.71. The van der Waals surface area contributed by atoms with Crippen molar-refractivity contribution in [1.29, 1.82) is 0 Å². The molecule has 0 saturated carbocycles. The molecule has 5 heteroatoms. The van der Waals surface area contributed by atoms with Crippen LogP contribution in [0.5, 0.6) is 0 Å². The summed E-state index contributed by atoms with van der Waals surface area (Å²) in [5.74, 6) is 0. The van der Waals surface area contributed by atoms with Crippen molar-refractivity contribution in [2.45, 2.75) is 32.7 Å². The third-order valence-electron chi connectivity index (χ3n) is 3.14. The Morgan fingerprint density at radius 1 is 1.47 bits per heavy atom. The van der Waals surface area contributed by atoms with Gasteiger partial charge in [-0.25, -0.2) is 4.68 Å². The SMILES string of the molecule is CCC(N)Cc1ccc(Br)cc1-n1cc(Cl)c(C)n1. The van der Waals surface area contributed by atoms with Gasteiger partial charge in [0.2, 0.25) is 0 Å². The molecule has 2 N–H and O–H groups in total. The van der Waals surface area contributed by atoms with Crippen LogP contribution in [0.4, 0.5) is 0 Å². The van der Waals surface area contributed by atoms with Crippen molar-refractivity contribution in [1.82, 2.24) is 9.78 Å². The van der Waals surface area contributed by atoms with E-state index in [4.69, 9.17) is 17.3 Å². The first kappa shape index (κ1) is 14.6. The quantitative estimate of drug-likeness (QED) is 0.916. The maximum atomic E-state index is 6.08. The number of nitrogens with two attached hydrogens (primary N) is 1. The van der Waals surface area contributed by atoms with E-state index in [0.717, 1.165) is 28.7 Å². The van der Waals surface area contributed by atoms with Crippen molar-refractivity contribution < 1.29 is 0 Å². The lowest BCUT2D eigenvalue weighted by Gasteiger charge is -2.14. The molecule has 0 fully saturated rings. The standard InChI is InChI=1S/C14H17BrClN3/c1-3-12(17)6-10-4-5-11(15)7-14(10)19-8-13(16)9(2)18-19/h4-5,7-8,12H,3,6,17H2,1-2H3. The summed E-state index contributed by atoms with van der Waals surface area (Å²) in [5, 5.41) is 5.11. The monoisotopic (exact) mass is 341 g/mol. The van der Waals surface area contributed by atoms with Gasteiger partial charge in [0.05, 0.1) is 16.4 Å². The van der Waals surface area contributed by atoms with Gasteiger partial charge in [0.1, 0.15) is 0 Å². The van der Waals surface area contributed by atoms with Crippen LogP contribution in [-0.4, -0.2) is 15.8 Å². The van der Waals surface area contributed by atoms with Crippen molar-refractivity contribution in [2.24, 2.45) is 5.73 Å². The van der Waals surface area contributed by atoms with Crippen LogP contribution >= 0.6 is 27.5 Å². The Hall–Kier alpha value is -0.840. The molecule has 0 aliphatic heterocycles. The highest BCUT2D eigenvalue weighted by atomic mass is 79.9. The van der Waals surface area contributed by atoms with E-state index in [1.54, 1.807) is 0 Å². The Morgan fingerprint density at radius 2 is 2.21 bits per heavy atom. The van der Waals surface area contributed by atoms with E-state index in [9.17, 15) is 0 Å². The summed E-state index contributed by atoms with van der Waals surface area (Å²) in [6.07, 6.45) is 3.61. The topological polar surface area (TPSA) is 43.8 Å². The first-order valence-corrected chi connectivity index (χ1v) is 7.44. The van der Waals surface area contributed by atoms with Crippen LogP contribution in [0.25, 0.3) is 5.69 Å². The zero-order valence-corrected chi connectivity index (χ0v) is 13.4. The largest absolute Gasteiger partial charge is 0.327 e. The molecule has 102 valence electrons. The highest BCUT2D eigenvalue weighted by Crippen LogP contribution is 2.24. The summed E-state index contributed by atoms with van der Waals surface area (Å²) < 4.78 is 2.83. The molecule has 2 rings (SSSR count). The first-order valence-electron chi connectivity index (χ1n) is 6.27. The van der Waals surface area contributed by atoms with Gasteiger partial charge in [0.15, 0.2) is 0 Å².